The van der Waals surface area contributed by atoms with Gasteiger partial charge in [0.2, 0.25) is 11.8 Å². The number of aromatic nitrogens is 4. The lowest BCUT2D eigenvalue weighted by atomic mass is 9.85. The Bertz CT molecular complexity index is 1320. The highest BCUT2D eigenvalue weighted by Crippen LogP contribution is 2.45. The van der Waals surface area contributed by atoms with Crippen LogP contribution in [-0.2, 0) is 14.1 Å². The van der Waals surface area contributed by atoms with Crippen LogP contribution in [0.5, 0.6) is 17.5 Å². The van der Waals surface area contributed by atoms with Crippen LogP contribution in [0.1, 0.15) is 22.6 Å². The molecule has 0 unspecified atom stereocenters. The maximum Gasteiger partial charge on any atom is 0.330 e. The third kappa shape index (κ3) is 2.26. The van der Waals surface area contributed by atoms with E-state index in [1.54, 1.807) is 24.3 Å². The van der Waals surface area contributed by atoms with Crippen LogP contribution < -0.4 is 27.2 Å². The van der Waals surface area contributed by atoms with Gasteiger partial charge >= 0.3 is 11.4 Å². The minimum absolute atomic E-state index is 0.0183. The summed E-state index contributed by atoms with van der Waals surface area (Å²) in [6.07, 6.45) is 0. The van der Waals surface area contributed by atoms with Gasteiger partial charge in [-0.25, -0.2) is 9.59 Å². The zero-order valence-corrected chi connectivity index (χ0v) is 14.3. The van der Waals surface area contributed by atoms with Crippen LogP contribution in [0, 0.1) is 0 Å². The second-order valence-corrected chi connectivity index (χ2v) is 6.17. The lowest BCUT2D eigenvalue weighted by Crippen LogP contribution is -2.39. The molecule has 1 aliphatic rings. The predicted octanol–water partition coefficient (Wildman–Crippen LogP) is -0.548. The molecule has 0 radical (unpaired) electrons. The van der Waals surface area contributed by atoms with E-state index in [1.807, 2.05) is 0 Å². The van der Waals surface area contributed by atoms with E-state index in [-0.39, 0.29) is 17.0 Å². The molecule has 138 valence electrons. The van der Waals surface area contributed by atoms with Crippen molar-refractivity contribution in [3.63, 3.8) is 0 Å². The molecule has 0 fully saturated rings. The highest BCUT2D eigenvalue weighted by Gasteiger charge is 2.36. The normalized spacial score (nSPS) is 15.0. The Balaban J connectivity index is 2.18. The van der Waals surface area contributed by atoms with E-state index >= 15 is 0 Å². The van der Waals surface area contributed by atoms with Gasteiger partial charge < -0.3 is 9.84 Å². The van der Waals surface area contributed by atoms with Gasteiger partial charge in [0.1, 0.15) is 5.75 Å². The molecular weight excluding hydrogens is 356 g/mol. The molecule has 1 aliphatic heterocycles. The van der Waals surface area contributed by atoms with E-state index in [4.69, 9.17) is 4.74 Å². The Morgan fingerprint density at radius 3 is 2.37 bits per heavy atom. The summed E-state index contributed by atoms with van der Waals surface area (Å²) in [5, 5.41) is 10.5. The number of hydrogen-bond donors (Lipinski definition) is 3. The smallest absolute Gasteiger partial charge is 0.330 e. The first kappa shape index (κ1) is 16.6. The third-order valence-electron chi connectivity index (χ3n) is 4.65. The van der Waals surface area contributed by atoms with Gasteiger partial charge in [-0.05, 0) is 6.07 Å². The van der Waals surface area contributed by atoms with E-state index < -0.39 is 34.3 Å². The van der Waals surface area contributed by atoms with E-state index in [1.165, 1.54) is 14.1 Å². The SMILES string of the molecule is Cn1c(O)c([C@H]2c3ccccc3Oc3[nH]c(=O)n(C)c(=O)c32)c(=O)[nH]c1=O. The second kappa shape index (κ2) is 5.59. The average Bonchev–Trinajstić information content (AvgIpc) is 2.64. The Kier molecular flexibility index (Phi) is 3.45. The summed E-state index contributed by atoms with van der Waals surface area (Å²) in [5.74, 6) is -1.42. The second-order valence-electron chi connectivity index (χ2n) is 6.17. The van der Waals surface area contributed by atoms with Crippen molar-refractivity contribution in [3.8, 4) is 17.5 Å². The van der Waals surface area contributed by atoms with E-state index in [9.17, 15) is 24.3 Å². The maximum atomic E-state index is 12.8. The summed E-state index contributed by atoms with van der Waals surface area (Å²) < 4.78 is 7.36. The minimum Gasteiger partial charge on any atom is -0.494 e. The summed E-state index contributed by atoms with van der Waals surface area (Å²) >= 11 is 0. The van der Waals surface area contributed by atoms with E-state index in [2.05, 4.69) is 9.97 Å². The molecule has 10 nitrogen and oxygen atoms in total. The highest BCUT2D eigenvalue weighted by atomic mass is 16.5. The zero-order chi connectivity index (χ0) is 19.5. The molecule has 0 bridgehead atoms. The molecule has 0 amide bonds. The molecule has 1 aromatic carbocycles. The standard InChI is InChI=1S/C17H14N4O6/c1-20-14(23)10(12(22)18-16(20)25)9-7-5-3-4-6-8(7)27-13-11(9)15(24)21(2)17(26)19-13/h3-6,9,23H,1-2H3,(H,19,26)(H,18,22,25)/t9-/m1/s1. The molecule has 3 N–H and O–H groups in total. The molecule has 27 heavy (non-hydrogen) atoms. The topological polar surface area (TPSA) is 139 Å². The third-order valence-corrected chi connectivity index (χ3v) is 4.65. The maximum absolute atomic E-state index is 12.8. The Morgan fingerprint density at radius 1 is 0.963 bits per heavy atom. The molecule has 0 saturated carbocycles. The first-order valence-corrected chi connectivity index (χ1v) is 7.93. The lowest BCUT2D eigenvalue weighted by molar-refractivity contribution is 0.397. The molecule has 1 atom stereocenters. The monoisotopic (exact) mass is 370 g/mol. The number of benzene rings is 1. The van der Waals surface area contributed by atoms with Crippen molar-refractivity contribution in [1.29, 1.82) is 0 Å². The first-order valence-electron chi connectivity index (χ1n) is 7.93. The number of para-hydroxylation sites is 1. The Hall–Kier alpha value is -3.82. The first-order chi connectivity index (χ1) is 12.8. The minimum atomic E-state index is -1.05. The van der Waals surface area contributed by atoms with Crippen molar-refractivity contribution in [3.05, 3.63) is 82.6 Å². The summed E-state index contributed by atoms with van der Waals surface area (Å²) in [6, 6.07) is 6.61. The van der Waals surface area contributed by atoms with Crippen LogP contribution in [0.3, 0.4) is 0 Å². The van der Waals surface area contributed by atoms with Crippen molar-refractivity contribution in [2.24, 2.45) is 14.1 Å². The molecule has 2 aromatic heterocycles. The molecule has 4 rings (SSSR count). The number of nitrogens with zero attached hydrogens (tertiary/aromatic N) is 2. The highest BCUT2D eigenvalue weighted by molar-refractivity contribution is 5.56. The number of aromatic hydroxyl groups is 1. The quantitative estimate of drug-likeness (QED) is 0.411. The summed E-state index contributed by atoms with van der Waals surface area (Å²) in [5.41, 5.74) is -2.77. The van der Waals surface area contributed by atoms with Crippen LogP contribution in [-0.4, -0.2) is 24.2 Å². The summed E-state index contributed by atoms with van der Waals surface area (Å²) in [7, 11) is 2.57. The van der Waals surface area contributed by atoms with E-state index in [0.29, 0.717) is 11.3 Å². The molecule has 3 heterocycles. The number of fused-ring (bicyclic) bond motifs is 2. The number of H-pyrrole nitrogens is 2. The Morgan fingerprint density at radius 2 is 1.63 bits per heavy atom. The summed E-state index contributed by atoms with van der Waals surface area (Å²) in [6.45, 7) is 0. The molecular formula is C17H14N4O6. The number of nitrogens with one attached hydrogen (secondary N) is 2. The molecule has 0 spiro atoms. The van der Waals surface area contributed by atoms with Crippen molar-refractivity contribution in [2.45, 2.75) is 5.92 Å². The van der Waals surface area contributed by atoms with Crippen molar-refractivity contribution >= 4 is 0 Å². The van der Waals surface area contributed by atoms with Crippen LogP contribution in [0.4, 0.5) is 0 Å². The molecule has 0 saturated heterocycles. The predicted molar refractivity (Wildman–Crippen MR) is 93.7 cm³/mol. The van der Waals surface area contributed by atoms with Crippen molar-refractivity contribution < 1.29 is 9.84 Å². The van der Waals surface area contributed by atoms with Gasteiger partial charge in [-0.15, -0.1) is 0 Å². The van der Waals surface area contributed by atoms with Gasteiger partial charge in [-0.2, -0.15) is 0 Å². The molecule has 3 aromatic rings. The number of rotatable bonds is 1. The molecule has 10 heteroatoms. The van der Waals surface area contributed by atoms with Crippen LogP contribution in [0.2, 0.25) is 0 Å². The van der Waals surface area contributed by atoms with Crippen LogP contribution in [0.15, 0.2) is 43.4 Å². The number of hydrogen-bond acceptors (Lipinski definition) is 6. The van der Waals surface area contributed by atoms with Crippen molar-refractivity contribution in [1.82, 2.24) is 19.1 Å². The van der Waals surface area contributed by atoms with Gasteiger partial charge in [-0.1, -0.05) is 18.2 Å². The largest absolute Gasteiger partial charge is 0.494 e. The zero-order valence-electron chi connectivity index (χ0n) is 14.3. The lowest BCUT2D eigenvalue weighted by Gasteiger charge is -2.27. The van der Waals surface area contributed by atoms with E-state index in [0.717, 1.165) is 9.13 Å². The van der Waals surface area contributed by atoms with Gasteiger partial charge in [0.15, 0.2) is 0 Å². The van der Waals surface area contributed by atoms with Crippen LogP contribution in [0.25, 0.3) is 0 Å². The van der Waals surface area contributed by atoms with Crippen molar-refractivity contribution in [2.75, 3.05) is 0 Å². The average molecular weight is 370 g/mol. The van der Waals surface area contributed by atoms with Gasteiger partial charge in [0, 0.05) is 19.7 Å². The fourth-order valence-electron chi connectivity index (χ4n) is 3.22. The fraction of sp³-hybridized carbons (Fsp3) is 0.176. The number of aromatic amines is 2. The summed E-state index contributed by atoms with van der Waals surface area (Å²) in [4.78, 5) is 53.7. The van der Waals surface area contributed by atoms with Crippen LogP contribution >= 0.6 is 0 Å². The van der Waals surface area contributed by atoms with Gasteiger partial charge in [0.25, 0.3) is 11.1 Å². The molecule has 0 aliphatic carbocycles. The Labute approximate surface area is 149 Å². The fourth-order valence-corrected chi connectivity index (χ4v) is 3.22. The van der Waals surface area contributed by atoms with Gasteiger partial charge in [-0.3, -0.25) is 28.7 Å². The van der Waals surface area contributed by atoms with Gasteiger partial charge in [0.05, 0.1) is 17.0 Å². The number of ether oxygens (including phenoxy) is 1.